The highest BCUT2D eigenvalue weighted by Crippen LogP contribution is 2.41. The summed E-state index contributed by atoms with van der Waals surface area (Å²) in [5.74, 6) is 0. The monoisotopic (exact) mass is 253 g/mol. The summed E-state index contributed by atoms with van der Waals surface area (Å²) in [5, 5.41) is 0. The van der Waals surface area contributed by atoms with Crippen molar-refractivity contribution in [3.8, 4) is 0 Å². The molecule has 1 aliphatic rings. The zero-order valence-electron chi connectivity index (χ0n) is 10.1. The van der Waals surface area contributed by atoms with Gasteiger partial charge >= 0.3 is 0 Å². The molecule has 0 atom stereocenters. The van der Waals surface area contributed by atoms with Crippen molar-refractivity contribution in [3.63, 3.8) is 0 Å². The molecule has 1 aromatic carbocycles. The molecule has 0 saturated heterocycles. The topological polar surface area (TPSA) is 60.2 Å². The van der Waals surface area contributed by atoms with E-state index in [-0.39, 0.29) is 6.54 Å². The van der Waals surface area contributed by atoms with Gasteiger partial charge in [-0.05, 0) is 37.0 Å². The third kappa shape index (κ3) is 1.89. The van der Waals surface area contributed by atoms with Crippen LogP contribution in [0.2, 0.25) is 0 Å². The van der Waals surface area contributed by atoms with Gasteiger partial charge in [-0.1, -0.05) is 25.5 Å². The summed E-state index contributed by atoms with van der Waals surface area (Å²) in [7, 11) is -3.26. The van der Waals surface area contributed by atoms with E-state index in [9.17, 15) is 8.42 Å². The molecule has 2 rings (SSSR count). The van der Waals surface area contributed by atoms with E-state index < -0.39 is 14.6 Å². The van der Waals surface area contributed by atoms with E-state index in [0.29, 0.717) is 17.7 Å². The molecular weight excluding hydrogens is 234 g/mol. The Bertz CT molecular complexity index is 481. The second-order valence-electron chi connectivity index (χ2n) is 4.74. The van der Waals surface area contributed by atoms with Crippen LogP contribution in [0.5, 0.6) is 0 Å². The summed E-state index contributed by atoms with van der Waals surface area (Å²) in [6.07, 6.45) is 3.27. The van der Waals surface area contributed by atoms with E-state index in [1.165, 1.54) is 0 Å². The molecule has 4 heteroatoms. The number of hydrogen-bond donors (Lipinski definition) is 1. The number of sulfone groups is 1. The second-order valence-corrected chi connectivity index (χ2v) is 7.09. The van der Waals surface area contributed by atoms with Gasteiger partial charge in [-0.25, -0.2) is 8.42 Å². The molecule has 0 unspecified atom stereocenters. The van der Waals surface area contributed by atoms with Crippen molar-refractivity contribution in [2.45, 2.75) is 42.2 Å². The third-order valence-electron chi connectivity index (χ3n) is 3.85. The summed E-state index contributed by atoms with van der Waals surface area (Å²) in [4.78, 5) is 0.417. The molecule has 94 valence electrons. The summed E-state index contributed by atoms with van der Waals surface area (Å²) in [6.45, 7) is 2.28. The number of aryl methyl sites for hydroxylation is 1. The van der Waals surface area contributed by atoms with Gasteiger partial charge in [-0.3, -0.25) is 0 Å². The minimum Gasteiger partial charge on any atom is -0.329 e. The maximum absolute atomic E-state index is 12.5. The van der Waals surface area contributed by atoms with Gasteiger partial charge in [0.2, 0.25) is 0 Å². The van der Waals surface area contributed by atoms with Crippen LogP contribution in [-0.2, 0) is 16.3 Å². The maximum atomic E-state index is 12.5. The van der Waals surface area contributed by atoms with E-state index in [1.54, 1.807) is 12.1 Å². The second kappa shape index (κ2) is 4.42. The first-order valence-corrected chi connectivity index (χ1v) is 7.58. The molecule has 2 N–H and O–H groups in total. The molecule has 0 spiro atoms. The number of nitrogens with two attached hydrogens (primary N) is 1. The molecule has 1 saturated carbocycles. The highest BCUT2D eigenvalue weighted by Gasteiger charge is 2.48. The first kappa shape index (κ1) is 12.6. The minimum atomic E-state index is -3.26. The van der Waals surface area contributed by atoms with Crippen molar-refractivity contribution < 1.29 is 8.42 Å². The Balaban J connectivity index is 2.37. The SMILES string of the molecule is CCc1ccc(S(=O)(=O)C2(CN)CCC2)cc1. The molecule has 17 heavy (non-hydrogen) atoms. The van der Waals surface area contributed by atoms with E-state index >= 15 is 0 Å². The van der Waals surface area contributed by atoms with Gasteiger partial charge in [0.05, 0.1) is 9.64 Å². The normalized spacial score (nSPS) is 18.7. The lowest BCUT2D eigenvalue weighted by Crippen LogP contribution is -2.51. The van der Waals surface area contributed by atoms with Crippen LogP contribution in [-0.4, -0.2) is 19.7 Å². The quantitative estimate of drug-likeness (QED) is 0.891. The van der Waals surface area contributed by atoms with E-state index in [1.807, 2.05) is 12.1 Å². The van der Waals surface area contributed by atoms with E-state index in [2.05, 4.69) is 6.92 Å². The van der Waals surface area contributed by atoms with Crippen LogP contribution in [0.15, 0.2) is 29.2 Å². The summed E-state index contributed by atoms with van der Waals surface area (Å²) >= 11 is 0. The Morgan fingerprint density at radius 1 is 1.24 bits per heavy atom. The fourth-order valence-electron chi connectivity index (χ4n) is 2.31. The van der Waals surface area contributed by atoms with Crippen molar-refractivity contribution in [1.29, 1.82) is 0 Å². The lowest BCUT2D eigenvalue weighted by molar-refractivity contribution is 0.344. The first-order chi connectivity index (χ1) is 8.05. The van der Waals surface area contributed by atoms with E-state index in [0.717, 1.165) is 18.4 Å². The predicted molar refractivity (Wildman–Crippen MR) is 68.6 cm³/mol. The van der Waals surface area contributed by atoms with Crippen LogP contribution in [0.1, 0.15) is 31.7 Å². The zero-order chi connectivity index (χ0) is 12.5. The van der Waals surface area contributed by atoms with Crippen LogP contribution in [0.3, 0.4) is 0 Å². The number of benzene rings is 1. The van der Waals surface area contributed by atoms with Crippen molar-refractivity contribution in [2.24, 2.45) is 5.73 Å². The molecule has 1 aromatic rings. The Labute approximate surface area is 103 Å². The summed E-state index contributed by atoms with van der Waals surface area (Å²) < 4.78 is 24.3. The smallest absolute Gasteiger partial charge is 0.185 e. The maximum Gasteiger partial charge on any atom is 0.185 e. The van der Waals surface area contributed by atoms with Crippen molar-refractivity contribution in [1.82, 2.24) is 0 Å². The lowest BCUT2D eigenvalue weighted by atomic mass is 9.84. The molecule has 1 fully saturated rings. The fraction of sp³-hybridized carbons (Fsp3) is 0.538. The first-order valence-electron chi connectivity index (χ1n) is 6.09. The lowest BCUT2D eigenvalue weighted by Gasteiger charge is -2.39. The minimum absolute atomic E-state index is 0.227. The number of hydrogen-bond acceptors (Lipinski definition) is 3. The fourth-order valence-corrected chi connectivity index (χ4v) is 4.35. The van der Waals surface area contributed by atoms with Crippen LogP contribution < -0.4 is 5.73 Å². The van der Waals surface area contributed by atoms with Crippen molar-refractivity contribution in [3.05, 3.63) is 29.8 Å². The molecule has 1 aliphatic carbocycles. The molecule has 3 nitrogen and oxygen atoms in total. The molecule has 0 bridgehead atoms. The van der Waals surface area contributed by atoms with Gasteiger partial charge in [0.15, 0.2) is 9.84 Å². The molecule has 0 aromatic heterocycles. The summed E-state index contributed by atoms with van der Waals surface area (Å²) in [5.41, 5.74) is 6.82. The van der Waals surface area contributed by atoms with Gasteiger partial charge in [-0.2, -0.15) is 0 Å². The average molecular weight is 253 g/mol. The molecule has 0 aliphatic heterocycles. The predicted octanol–water partition coefficient (Wildman–Crippen LogP) is 1.90. The van der Waals surface area contributed by atoms with Crippen LogP contribution in [0.25, 0.3) is 0 Å². The van der Waals surface area contributed by atoms with E-state index in [4.69, 9.17) is 5.73 Å². The van der Waals surface area contributed by atoms with Crippen LogP contribution in [0, 0.1) is 0 Å². The third-order valence-corrected chi connectivity index (χ3v) is 6.46. The van der Waals surface area contributed by atoms with Gasteiger partial charge in [0.1, 0.15) is 0 Å². The molecular formula is C13H19NO2S. The highest BCUT2D eigenvalue weighted by atomic mass is 32.2. The largest absolute Gasteiger partial charge is 0.329 e. The molecule has 0 amide bonds. The zero-order valence-corrected chi connectivity index (χ0v) is 11.0. The highest BCUT2D eigenvalue weighted by molar-refractivity contribution is 7.93. The average Bonchev–Trinajstić information content (AvgIpc) is 2.28. The van der Waals surface area contributed by atoms with Crippen molar-refractivity contribution >= 4 is 9.84 Å². The van der Waals surface area contributed by atoms with Gasteiger partial charge in [0, 0.05) is 6.54 Å². The van der Waals surface area contributed by atoms with Crippen LogP contribution in [0.4, 0.5) is 0 Å². The Morgan fingerprint density at radius 3 is 2.18 bits per heavy atom. The van der Waals surface area contributed by atoms with Crippen molar-refractivity contribution in [2.75, 3.05) is 6.54 Å². The Kier molecular flexibility index (Phi) is 3.27. The van der Waals surface area contributed by atoms with Gasteiger partial charge in [-0.15, -0.1) is 0 Å². The van der Waals surface area contributed by atoms with Gasteiger partial charge in [0.25, 0.3) is 0 Å². The molecule has 0 radical (unpaired) electrons. The van der Waals surface area contributed by atoms with Crippen LogP contribution >= 0.6 is 0 Å². The standard InChI is InChI=1S/C13H19NO2S/c1-2-11-4-6-12(7-5-11)17(15,16)13(10-14)8-3-9-13/h4-7H,2-3,8-10,14H2,1H3. The van der Waals surface area contributed by atoms with Gasteiger partial charge < -0.3 is 5.73 Å². The Morgan fingerprint density at radius 2 is 1.82 bits per heavy atom. The number of rotatable bonds is 4. The summed E-state index contributed by atoms with van der Waals surface area (Å²) in [6, 6.07) is 7.19. The molecule has 0 heterocycles. The Hall–Kier alpha value is -0.870.